The Balaban J connectivity index is 1.51. The number of hydrogen-bond acceptors (Lipinski definition) is 6. The number of rotatable bonds is 9. The Labute approximate surface area is 183 Å². The molecule has 1 saturated heterocycles. The van der Waals surface area contributed by atoms with Gasteiger partial charge >= 0.3 is 0 Å². The smallest absolute Gasteiger partial charge is 0.223 e. The van der Waals surface area contributed by atoms with Crippen molar-refractivity contribution >= 4 is 17.2 Å². The van der Waals surface area contributed by atoms with Gasteiger partial charge in [0.05, 0.1) is 30.5 Å². The molecule has 1 aliphatic rings. The number of aromatic nitrogens is 1. The van der Waals surface area contributed by atoms with Crippen molar-refractivity contribution in [1.82, 2.24) is 15.2 Å². The average molecular weight is 432 g/mol. The highest BCUT2D eigenvalue weighted by Gasteiger charge is 2.26. The number of aryl methyl sites for hydroxylation is 1. The van der Waals surface area contributed by atoms with Crippen molar-refractivity contribution in [3.63, 3.8) is 0 Å². The summed E-state index contributed by atoms with van der Waals surface area (Å²) in [5.74, 6) is 1.64. The van der Waals surface area contributed by atoms with Crippen molar-refractivity contribution in [2.75, 3.05) is 26.8 Å². The summed E-state index contributed by atoms with van der Waals surface area (Å²) in [5.41, 5.74) is 2.15. The molecule has 0 saturated carbocycles. The quantitative estimate of drug-likeness (QED) is 0.640. The van der Waals surface area contributed by atoms with Gasteiger partial charge in [0.2, 0.25) is 5.91 Å². The zero-order chi connectivity index (χ0) is 21.5. The largest absolute Gasteiger partial charge is 0.493 e. The van der Waals surface area contributed by atoms with Crippen LogP contribution < -0.4 is 14.8 Å². The van der Waals surface area contributed by atoms with Crippen molar-refractivity contribution in [2.45, 2.75) is 52.6 Å². The fourth-order valence-corrected chi connectivity index (χ4v) is 4.37. The van der Waals surface area contributed by atoms with Crippen LogP contribution in [-0.2, 0) is 11.3 Å². The molecule has 1 aliphatic heterocycles. The molecule has 30 heavy (non-hydrogen) atoms. The van der Waals surface area contributed by atoms with Crippen LogP contribution in [0.1, 0.15) is 55.4 Å². The first-order valence-electron chi connectivity index (χ1n) is 10.7. The number of amides is 1. The van der Waals surface area contributed by atoms with Gasteiger partial charge in [0.1, 0.15) is 0 Å². The summed E-state index contributed by atoms with van der Waals surface area (Å²) in [4.78, 5) is 19.8. The second kappa shape index (κ2) is 10.8. The number of methoxy groups -OCH3 is 1. The van der Waals surface area contributed by atoms with Crippen LogP contribution in [0.2, 0.25) is 0 Å². The highest BCUT2D eigenvalue weighted by molar-refractivity contribution is 7.09. The predicted octanol–water partition coefficient (Wildman–Crippen LogP) is 4.34. The molecule has 164 valence electrons. The zero-order valence-corrected chi connectivity index (χ0v) is 19.3. The molecule has 1 aromatic carbocycles. The Bertz CT molecular complexity index is 831. The van der Waals surface area contributed by atoms with Crippen LogP contribution in [-0.4, -0.2) is 42.6 Å². The van der Waals surface area contributed by atoms with Gasteiger partial charge in [-0.05, 0) is 63.9 Å². The van der Waals surface area contributed by atoms with Crippen molar-refractivity contribution in [3.05, 3.63) is 39.8 Å². The maximum Gasteiger partial charge on any atom is 0.223 e. The lowest BCUT2D eigenvalue weighted by Gasteiger charge is -2.31. The van der Waals surface area contributed by atoms with Gasteiger partial charge in [-0.2, -0.15) is 0 Å². The van der Waals surface area contributed by atoms with E-state index in [1.165, 1.54) is 0 Å². The fraction of sp³-hybridized carbons (Fsp3) is 0.565. The summed E-state index contributed by atoms with van der Waals surface area (Å²) in [7, 11) is 1.64. The average Bonchev–Trinajstić information content (AvgIpc) is 3.17. The van der Waals surface area contributed by atoms with E-state index in [0.29, 0.717) is 12.4 Å². The first-order valence-corrected chi connectivity index (χ1v) is 11.6. The third kappa shape index (κ3) is 5.95. The molecule has 0 aliphatic carbocycles. The molecule has 0 radical (unpaired) electrons. The van der Waals surface area contributed by atoms with Crippen molar-refractivity contribution in [3.8, 4) is 11.5 Å². The Kier molecular flexibility index (Phi) is 8.10. The van der Waals surface area contributed by atoms with Gasteiger partial charge < -0.3 is 14.8 Å². The molecule has 2 aromatic rings. The molecule has 1 fully saturated rings. The number of thiazole rings is 1. The standard InChI is InChI=1S/C23H33N3O3S/c1-5-12-29-21-7-6-19(13-22(21)28-4)16(2)24-23(27)18-8-10-26(11-9-18)14-20-15-30-17(3)25-20/h6-7,13,15-16,18H,5,8-12,14H2,1-4H3,(H,24,27). The second-order valence-electron chi connectivity index (χ2n) is 7.90. The number of carbonyl (C=O) groups excluding carboxylic acids is 1. The van der Waals surface area contributed by atoms with Crippen LogP contribution in [0.25, 0.3) is 0 Å². The summed E-state index contributed by atoms with van der Waals surface area (Å²) in [6.45, 7) is 9.51. The van der Waals surface area contributed by atoms with E-state index < -0.39 is 0 Å². The molecule has 2 heterocycles. The zero-order valence-electron chi connectivity index (χ0n) is 18.4. The minimum atomic E-state index is -0.0809. The van der Waals surface area contributed by atoms with Crippen molar-refractivity contribution < 1.29 is 14.3 Å². The maximum atomic E-state index is 12.8. The van der Waals surface area contributed by atoms with Crippen LogP contribution >= 0.6 is 11.3 Å². The Morgan fingerprint density at radius 1 is 1.33 bits per heavy atom. The Morgan fingerprint density at radius 3 is 2.73 bits per heavy atom. The van der Waals surface area contributed by atoms with E-state index in [1.807, 2.05) is 32.0 Å². The molecule has 0 bridgehead atoms. The first-order chi connectivity index (χ1) is 14.5. The maximum absolute atomic E-state index is 12.8. The summed E-state index contributed by atoms with van der Waals surface area (Å²) < 4.78 is 11.2. The summed E-state index contributed by atoms with van der Waals surface area (Å²) in [6.07, 6.45) is 2.71. The molecule has 1 amide bonds. The van der Waals surface area contributed by atoms with Crippen LogP contribution in [0.5, 0.6) is 11.5 Å². The molecular weight excluding hydrogens is 398 g/mol. The molecule has 1 unspecified atom stereocenters. The molecule has 6 nitrogen and oxygen atoms in total. The van der Waals surface area contributed by atoms with Gasteiger partial charge in [-0.25, -0.2) is 4.98 Å². The lowest BCUT2D eigenvalue weighted by atomic mass is 9.95. The van der Waals surface area contributed by atoms with E-state index in [2.05, 4.69) is 27.5 Å². The molecule has 1 aromatic heterocycles. The Hall–Kier alpha value is -2.12. The Morgan fingerprint density at radius 2 is 2.10 bits per heavy atom. The van der Waals surface area contributed by atoms with Gasteiger partial charge in [-0.15, -0.1) is 11.3 Å². The topological polar surface area (TPSA) is 63.7 Å². The highest BCUT2D eigenvalue weighted by Crippen LogP contribution is 2.31. The molecule has 1 atom stereocenters. The first kappa shape index (κ1) is 22.6. The van der Waals surface area contributed by atoms with E-state index >= 15 is 0 Å². The number of nitrogens with one attached hydrogen (secondary N) is 1. The SMILES string of the molecule is CCCOc1ccc(C(C)NC(=O)C2CCN(Cc3csc(C)n3)CC2)cc1OC. The third-order valence-electron chi connectivity index (χ3n) is 5.52. The monoisotopic (exact) mass is 431 g/mol. The summed E-state index contributed by atoms with van der Waals surface area (Å²) >= 11 is 1.69. The van der Waals surface area contributed by atoms with E-state index in [9.17, 15) is 4.79 Å². The molecular formula is C23H33N3O3S. The van der Waals surface area contributed by atoms with Crippen LogP contribution in [0.3, 0.4) is 0 Å². The van der Waals surface area contributed by atoms with E-state index in [-0.39, 0.29) is 17.9 Å². The molecule has 3 rings (SSSR count). The van der Waals surface area contributed by atoms with Gasteiger partial charge in [0, 0.05) is 17.8 Å². The number of carbonyl (C=O) groups is 1. The number of piperidine rings is 1. The van der Waals surface area contributed by atoms with Gasteiger partial charge in [-0.3, -0.25) is 9.69 Å². The number of hydrogen-bond donors (Lipinski definition) is 1. The van der Waals surface area contributed by atoms with Gasteiger partial charge in [0.25, 0.3) is 0 Å². The van der Waals surface area contributed by atoms with Crippen LogP contribution in [0, 0.1) is 12.8 Å². The fourth-order valence-electron chi connectivity index (χ4n) is 3.76. The molecule has 7 heteroatoms. The van der Waals surface area contributed by atoms with Crippen LogP contribution in [0.4, 0.5) is 0 Å². The molecule has 0 spiro atoms. The van der Waals surface area contributed by atoms with Crippen molar-refractivity contribution in [1.29, 1.82) is 0 Å². The normalized spacial score (nSPS) is 16.3. The number of benzene rings is 1. The lowest BCUT2D eigenvalue weighted by molar-refractivity contribution is -0.127. The molecule has 1 N–H and O–H groups in total. The predicted molar refractivity (Wildman–Crippen MR) is 120 cm³/mol. The number of nitrogens with zero attached hydrogens (tertiary/aromatic N) is 2. The minimum absolute atomic E-state index is 0.0647. The van der Waals surface area contributed by atoms with E-state index in [1.54, 1.807) is 18.4 Å². The van der Waals surface area contributed by atoms with E-state index in [0.717, 1.165) is 60.9 Å². The number of ether oxygens (including phenoxy) is 2. The van der Waals surface area contributed by atoms with Crippen molar-refractivity contribution in [2.24, 2.45) is 5.92 Å². The van der Waals surface area contributed by atoms with Crippen LogP contribution in [0.15, 0.2) is 23.6 Å². The van der Waals surface area contributed by atoms with Gasteiger partial charge in [0.15, 0.2) is 11.5 Å². The lowest BCUT2D eigenvalue weighted by Crippen LogP contribution is -2.40. The van der Waals surface area contributed by atoms with E-state index in [4.69, 9.17) is 9.47 Å². The summed E-state index contributed by atoms with van der Waals surface area (Å²) in [6, 6.07) is 5.79. The van der Waals surface area contributed by atoms with Gasteiger partial charge in [-0.1, -0.05) is 13.0 Å². The second-order valence-corrected chi connectivity index (χ2v) is 8.96. The third-order valence-corrected chi connectivity index (χ3v) is 6.34. The highest BCUT2D eigenvalue weighted by atomic mass is 32.1. The summed E-state index contributed by atoms with van der Waals surface area (Å²) in [5, 5.41) is 6.42. The number of likely N-dealkylation sites (tertiary alicyclic amines) is 1. The minimum Gasteiger partial charge on any atom is -0.493 e.